The molecule has 2 aliphatic heterocycles. The highest BCUT2D eigenvalue weighted by atomic mass is 16.2. The van der Waals surface area contributed by atoms with E-state index in [1.165, 1.54) is 0 Å². The Morgan fingerprint density at radius 1 is 1.05 bits per heavy atom. The van der Waals surface area contributed by atoms with Gasteiger partial charge in [0.2, 0.25) is 0 Å². The van der Waals surface area contributed by atoms with Gasteiger partial charge in [-0.15, -0.1) is 0 Å². The number of para-hydroxylation sites is 1. The molecule has 0 spiro atoms. The normalized spacial score (nSPS) is 20.0. The summed E-state index contributed by atoms with van der Waals surface area (Å²) in [5.41, 5.74) is 3.59. The number of benzene rings is 2. The van der Waals surface area contributed by atoms with Crippen LogP contribution in [0.1, 0.15) is 22.3 Å². The van der Waals surface area contributed by atoms with E-state index in [2.05, 4.69) is 10.4 Å². The molecule has 4 nitrogen and oxygen atoms in total. The lowest BCUT2D eigenvalue weighted by Crippen LogP contribution is -2.42. The molecule has 0 aromatic heterocycles. The van der Waals surface area contributed by atoms with Gasteiger partial charge in [0, 0.05) is 12.1 Å². The van der Waals surface area contributed by atoms with Crippen LogP contribution >= 0.6 is 0 Å². The Hall–Kier alpha value is -2.62. The van der Waals surface area contributed by atoms with Crippen LogP contribution < -0.4 is 5.32 Å². The van der Waals surface area contributed by atoms with Crippen LogP contribution in [-0.4, -0.2) is 22.8 Å². The van der Waals surface area contributed by atoms with Gasteiger partial charge >= 0.3 is 0 Å². The number of amides is 1. The number of hydrogen-bond donors (Lipinski definition) is 1. The van der Waals surface area contributed by atoms with Crippen LogP contribution in [0, 0.1) is 0 Å². The van der Waals surface area contributed by atoms with E-state index in [1.807, 2.05) is 54.6 Å². The fraction of sp³-hybridized carbons (Fsp3) is 0.125. The molecule has 4 heteroatoms. The number of carbonyl (C=O) groups excluding carboxylic acids is 1. The molecule has 1 amide bonds. The molecule has 0 fully saturated rings. The lowest BCUT2D eigenvalue weighted by Gasteiger charge is -2.29. The average molecular weight is 263 g/mol. The molecule has 20 heavy (non-hydrogen) atoms. The highest BCUT2D eigenvalue weighted by Gasteiger charge is 2.37. The van der Waals surface area contributed by atoms with Crippen LogP contribution in [0.25, 0.3) is 0 Å². The third kappa shape index (κ3) is 1.61. The largest absolute Gasteiger partial charge is 0.363 e. The number of rotatable bonds is 1. The van der Waals surface area contributed by atoms with Crippen LogP contribution in [0.15, 0.2) is 59.7 Å². The van der Waals surface area contributed by atoms with Crippen LogP contribution in [0.2, 0.25) is 0 Å². The lowest BCUT2D eigenvalue weighted by molar-refractivity contribution is 0.0718. The van der Waals surface area contributed by atoms with Crippen LogP contribution in [0.4, 0.5) is 5.69 Å². The summed E-state index contributed by atoms with van der Waals surface area (Å²) in [5.74, 6) is -0.0321. The van der Waals surface area contributed by atoms with Crippen molar-refractivity contribution < 1.29 is 4.79 Å². The predicted octanol–water partition coefficient (Wildman–Crippen LogP) is 2.69. The van der Waals surface area contributed by atoms with Crippen LogP contribution in [0.5, 0.6) is 0 Å². The molecule has 2 aliphatic rings. The van der Waals surface area contributed by atoms with Crippen molar-refractivity contribution in [2.75, 3.05) is 5.32 Å². The number of nitrogens with one attached hydrogen (secondary N) is 1. The van der Waals surface area contributed by atoms with Gasteiger partial charge in [-0.05, 0) is 17.7 Å². The van der Waals surface area contributed by atoms with Crippen LogP contribution in [-0.2, 0) is 0 Å². The van der Waals surface area contributed by atoms with Crippen molar-refractivity contribution in [1.29, 1.82) is 0 Å². The molecule has 0 saturated heterocycles. The minimum atomic E-state index is -0.0763. The Bertz CT molecular complexity index is 709. The van der Waals surface area contributed by atoms with Crippen molar-refractivity contribution in [3.05, 3.63) is 65.7 Å². The standard InChI is InChI=1S/C16H13N3O/c20-16-12-8-4-5-9-13(12)17-15-10-14(18-19(15)16)11-6-2-1-3-7-11/h1-9,15,17H,10H2. The summed E-state index contributed by atoms with van der Waals surface area (Å²) in [5, 5.41) is 9.44. The fourth-order valence-corrected chi connectivity index (χ4v) is 2.71. The molecule has 2 heterocycles. The van der Waals surface area contributed by atoms with Crippen molar-refractivity contribution in [3.8, 4) is 0 Å². The molecule has 0 bridgehead atoms. The Morgan fingerprint density at radius 3 is 2.65 bits per heavy atom. The second-order valence-electron chi connectivity index (χ2n) is 4.97. The molecular weight excluding hydrogens is 250 g/mol. The van der Waals surface area contributed by atoms with Gasteiger partial charge in [0.05, 0.1) is 11.3 Å². The number of hydrazone groups is 1. The summed E-state index contributed by atoms with van der Waals surface area (Å²) >= 11 is 0. The summed E-state index contributed by atoms with van der Waals surface area (Å²) in [7, 11) is 0. The number of nitrogens with zero attached hydrogens (tertiary/aromatic N) is 2. The van der Waals surface area contributed by atoms with Crippen LogP contribution in [0.3, 0.4) is 0 Å². The van der Waals surface area contributed by atoms with Crippen molar-refractivity contribution in [2.24, 2.45) is 5.10 Å². The van der Waals surface area contributed by atoms with Gasteiger partial charge in [0.15, 0.2) is 0 Å². The number of hydrogen-bond acceptors (Lipinski definition) is 3. The summed E-state index contributed by atoms with van der Waals surface area (Å²) in [4.78, 5) is 12.5. The first kappa shape index (κ1) is 11.2. The van der Waals surface area contributed by atoms with E-state index in [0.717, 1.165) is 23.4 Å². The monoisotopic (exact) mass is 263 g/mol. The fourth-order valence-electron chi connectivity index (χ4n) is 2.71. The van der Waals surface area contributed by atoms with Gasteiger partial charge in [-0.1, -0.05) is 42.5 Å². The molecular formula is C16H13N3O. The van der Waals surface area contributed by atoms with E-state index in [1.54, 1.807) is 5.01 Å². The zero-order valence-corrected chi connectivity index (χ0v) is 10.8. The topological polar surface area (TPSA) is 44.7 Å². The predicted molar refractivity (Wildman–Crippen MR) is 77.6 cm³/mol. The third-order valence-electron chi connectivity index (χ3n) is 3.71. The number of anilines is 1. The Morgan fingerprint density at radius 2 is 1.80 bits per heavy atom. The molecule has 1 unspecified atom stereocenters. The first-order chi connectivity index (χ1) is 9.83. The minimum absolute atomic E-state index is 0.0321. The number of carbonyl (C=O) groups is 1. The second-order valence-corrected chi connectivity index (χ2v) is 4.97. The third-order valence-corrected chi connectivity index (χ3v) is 3.71. The Labute approximate surface area is 116 Å². The molecule has 2 aromatic carbocycles. The van der Waals surface area contributed by atoms with Crippen molar-refractivity contribution in [1.82, 2.24) is 5.01 Å². The van der Waals surface area contributed by atoms with Crippen molar-refractivity contribution >= 4 is 17.3 Å². The quantitative estimate of drug-likeness (QED) is 0.859. The molecule has 0 saturated carbocycles. The number of fused-ring (bicyclic) bond motifs is 2. The van der Waals surface area contributed by atoms with E-state index < -0.39 is 0 Å². The van der Waals surface area contributed by atoms with E-state index in [0.29, 0.717) is 5.56 Å². The smallest absolute Gasteiger partial charge is 0.278 e. The maximum atomic E-state index is 12.5. The van der Waals surface area contributed by atoms with Gasteiger partial charge in [-0.25, -0.2) is 5.01 Å². The van der Waals surface area contributed by atoms with Gasteiger partial charge in [0.1, 0.15) is 6.17 Å². The van der Waals surface area contributed by atoms with Gasteiger partial charge < -0.3 is 5.32 Å². The maximum Gasteiger partial charge on any atom is 0.278 e. The Balaban J connectivity index is 1.71. The second kappa shape index (κ2) is 4.20. The van der Waals surface area contributed by atoms with Gasteiger partial charge in [0.25, 0.3) is 5.91 Å². The average Bonchev–Trinajstić information content (AvgIpc) is 2.93. The highest BCUT2D eigenvalue weighted by molar-refractivity contribution is 6.08. The van der Waals surface area contributed by atoms with E-state index in [-0.39, 0.29) is 12.1 Å². The summed E-state index contributed by atoms with van der Waals surface area (Å²) in [6.45, 7) is 0. The highest BCUT2D eigenvalue weighted by Crippen LogP contribution is 2.30. The lowest BCUT2D eigenvalue weighted by atomic mass is 10.0. The molecule has 0 aliphatic carbocycles. The Kier molecular flexibility index (Phi) is 2.36. The first-order valence-electron chi connectivity index (χ1n) is 6.65. The molecule has 1 N–H and O–H groups in total. The van der Waals surface area contributed by atoms with E-state index in [9.17, 15) is 4.79 Å². The molecule has 98 valence electrons. The zero-order chi connectivity index (χ0) is 13.5. The van der Waals surface area contributed by atoms with Gasteiger partial charge in [-0.2, -0.15) is 5.10 Å². The summed E-state index contributed by atoms with van der Waals surface area (Å²) < 4.78 is 0. The molecule has 4 rings (SSSR count). The summed E-state index contributed by atoms with van der Waals surface area (Å²) in [6.07, 6.45) is 0.650. The SMILES string of the molecule is O=C1c2ccccc2NC2CC(c3ccccc3)=NN12. The first-order valence-corrected chi connectivity index (χ1v) is 6.65. The zero-order valence-electron chi connectivity index (χ0n) is 10.8. The van der Waals surface area contributed by atoms with Crippen molar-refractivity contribution in [2.45, 2.75) is 12.6 Å². The van der Waals surface area contributed by atoms with E-state index >= 15 is 0 Å². The molecule has 0 radical (unpaired) electrons. The van der Waals surface area contributed by atoms with Crippen molar-refractivity contribution in [3.63, 3.8) is 0 Å². The molecule has 1 atom stereocenters. The maximum absolute atomic E-state index is 12.5. The minimum Gasteiger partial charge on any atom is -0.363 e. The van der Waals surface area contributed by atoms with Gasteiger partial charge in [-0.3, -0.25) is 4.79 Å². The van der Waals surface area contributed by atoms with E-state index in [4.69, 9.17) is 0 Å². The molecule has 2 aromatic rings. The summed E-state index contributed by atoms with van der Waals surface area (Å²) in [6, 6.07) is 17.6.